The number of anilines is 1. The second-order valence-electron chi connectivity index (χ2n) is 9.03. The highest BCUT2D eigenvalue weighted by Gasteiger charge is 2.57. The number of nitro groups is 1. The molecule has 3 heterocycles. The van der Waals surface area contributed by atoms with Gasteiger partial charge in [-0.1, -0.05) is 42.3 Å². The lowest BCUT2D eigenvalue weighted by atomic mass is 9.80. The smallest absolute Gasteiger partial charge is 0.269 e. The van der Waals surface area contributed by atoms with Crippen LogP contribution in [0.1, 0.15) is 36.8 Å². The Hall–Kier alpha value is -3.01. The zero-order chi connectivity index (χ0) is 23.3. The van der Waals surface area contributed by atoms with Crippen LogP contribution in [0.2, 0.25) is 0 Å². The van der Waals surface area contributed by atoms with Crippen LogP contribution in [0.4, 0.5) is 11.4 Å². The molecule has 0 unspecified atom stereocenters. The molecule has 0 N–H and O–H groups in total. The number of non-ortho nitro benzene ring substituents is 1. The fourth-order valence-corrected chi connectivity index (χ4v) is 6.06. The van der Waals surface area contributed by atoms with Gasteiger partial charge < -0.3 is 4.74 Å². The van der Waals surface area contributed by atoms with Crippen LogP contribution in [0.3, 0.4) is 0 Å². The highest BCUT2D eigenvalue weighted by Crippen LogP contribution is 2.47. The van der Waals surface area contributed by atoms with Crippen molar-refractivity contribution >= 4 is 34.0 Å². The molecule has 2 aromatic rings. The fraction of sp³-hybridized carbons (Fsp3) is 0.417. The Kier molecular flexibility index (Phi) is 5.28. The third-order valence-corrected chi connectivity index (χ3v) is 7.61. The summed E-state index contributed by atoms with van der Waals surface area (Å²) >= 11 is 6.67. The van der Waals surface area contributed by atoms with Crippen LogP contribution < -0.4 is 5.01 Å². The monoisotopic (exact) mass is 480 g/mol. The molecule has 2 fully saturated rings. The van der Waals surface area contributed by atoms with Gasteiger partial charge in [0.1, 0.15) is 5.66 Å². The average Bonchev–Trinajstić information content (AvgIpc) is 2.89. The summed E-state index contributed by atoms with van der Waals surface area (Å²) in [6.45, 7) is 2.89. The number of halogens is 1. The van der Waals surface area contributed by atoms with E-state index in [0.29, 0.717) is 18.4 Å². The van der Waals surface area contributed by atoms with E-state index in [2.05, 4.69) is 9.91 Å². The van der Waals surface area contributed by atoms with E-state index in [4.69, 9.17) is 26.5 Å². The Morgan fingerprint density at radius 3 is 2.50 bits per heavy atom. The first-order valence-electron chi connectivity index (χ1n) is 11.7. The van der Waals surface area contributed by atoms with Crippen molar-refractivity contribution in [2.24, 2.45) is 10.2 Å². The summed E-state index contributed by atoms with van der Waals surface area (Å²) in [5.41, 5.74) is 2.23. The number of nitro benzene ring substituents is 1. The first-order chi connectivity index (χ1) is 16.6. The zero-order valence-electron chi connectivity index (χ0n) is 18.6. The highest BCUT2D eigenvalue weighted by atomic mass is 35.5. The third kappa shape index (κ3) is 3.22. The van der Waals surface area contributed by atoms with Crippen LogP contribution in [-0.4, -0.2) is 63.8 Å². The number of morpholine rings is 1. The number of ether oxygens (including phenoxy) is 1. The Morgan fingerprint density at radius 1 is 1.03 bits per heavy atom. The molecular formula is C24H25ClN6O3. The van der Waals surface area contributed by atoms with E-state index in [1.54, 1.807) is 24.3 Å². The van der Waals surface area contributed by atoms with E-state index >= 15 is 0 Å². The van der Waals surface area contributed by atoms with Crippen LogP contribution in [0.5, 0.6) is 0 Å². The van der Waals surface area contributed by atoms with E-state index in [0.717, 1.165) is 61.4 Å². The Balaban J connectivity index is 1.57. The summed E-state index contributed by atoms with van der Waals surface area (Å²) < 4.78 is 5.69. The van der Waals surface area contributed by atoms with Gasteiger partial charge in [0, 0.05) is 36.3 Å². The topological polar surface area (TPSA) is 86.8 Å². The van der Waals surface area contributed by atoms with E-state index in [1.165, 1.54) is 0 Å². The average molecular weight is 481 g/mol. The molecule has 9 nitrogen and oxygen atoms in total. The van der Waals surface area contributed by atoms with E-state index in [-0.39, 0.29) is 16.7 Å². The van der Waals surface area contributed by atoms with Gasteiger partial charge in [-0.2, -0.15) is 10.2 Å². The van der Waals surface area contributed by atoms with Crippen molar-refractivity contribution in [3.63, 3.8) is 0 Å². The number of nitrogens with zero attached hydrogens (tertiary/aromatic N) is 6. The highest BCUT2D eigenvalue weighted by molar-refractivity contribution is 6.70. The van der Waals surface area contributed by atoms with Crippen molar-refractivity contribution in [2.75, 3.05) is 31.3 Å². The van der Waals surface area contributed by atoms with Crippen molar-refractivity contribution < 1.29 is 9.66 Å². The van der Waals surface area contributed by atoms with Crippen LogP contribution in [-0.2, 0) is 4.74 Å². The predicted molar refractivity (Wildman–Crippen MR) is 130 cm³/mol. The standard InChI is InChI=1S/C24H25ClN6O3/c25-22-19-5-1-2-6-20(19)23-27-30(17-8-10-18(11-9-17)31(32)33)24(28-13-15-34-16-14-28)12-4-3-7-21(24)29(23)26-22/h1-2,5-6,8-11,21H,3-4,7,12-16H2/t21-,24-/m1/s1. The number of rotatable bonds is 3. The molecule has 34 heavy (non-hydrogen) atoms. The lowest BCUT2D eigenvalue weighted by molar-refractivity contribution is -0.384. The van der Waals surface area contributed by atoms with Crippen molar-refractivity contribution in [1.82, 2.24) is 9.91 Å². The van der Waals surface area contributed by atoms with Crippen molar-refractivity contribution in [3.8, 4) is 0 Å². The van der Waals surface area contributed by atoms with Gasteiger partial charge in [-0.25, -0.2) is 10.0 Å². The molecular weight excluding hydrogens is 456 g/mol. The maximum atomic E-state index is 11.3. The number of hydrogen-bond acceptors (Lipinski definition) is 8. The summed E-state index contributed by atoms with van der Waals surface area (Å²) in [7, 11) is 0. The Morgan fingerprint density at radius 2 is 1.76 bits per heavy atom. The second kappa shape index (κ2) is 8.33. The molecule has 176 valence electrons. The second-order valence-corrected chi connectivity index (χ2v) is 9.39. The molecule has 2 atom stereocenters. The van der Waals surface area contributed by atoms with E-state index in [1.807, 2.05) is 29.3 Å². The number of benzene rings is 2. The van der Waals surface area contributed by atoms with Gasteiger partial charge >= 0.3 is 0 Å². The largest absolute Gasteiger partial charge is 0.379 e. The quantitative estimate of drug-likeness (QED) is 0.488. The first-order valence-corrected chi connectivity index (χ1v) is 12.1. The van der Waals surface area contributed by atoms with Crippen molar-refractivity contribution in [1.29, 1.82) is 0 Å². The molecule has 0 bridgehead atoms. The fourth-order valence-electron chi connectivity index (χ4n) is 5.81. The molecule has 1 aliphatic carbocycles. The van der Waals surface area contributed by atoms with Crippen LogP contribution in [0.15, 0.2) is 58.7 Å². The maximum Gasteiger partial charge on any atom is 0.269 e. The van der Waals surface area contributed by atoms with E-state index in [9.17, 15) is 10.1 Å². The number of hydrazone groups is 2. The summed E-state index contributed by atoms with van der Waals surface area (Å²) in [6, 6.07) is 14.6. The minimum absolute atomic E-state index is 0.0177. The predicted octanol–water partition coefficient (Wildman–Crippen LogP) is 3.96. The number of fused-ring (bicyclic) bond motifs is 5. The van der Waals surface area contributed by atoms with Crippen LogP contribution >= 0.6 is 11.6 Å². The van der Waals surface area contributed by atoms with E-state index < -0.39 is 5.66 Å². The van der Waals surface area contributed by atoms with Gasteiger partial charge in [-0.15, -0.1) is 0 Å². The molecule has 0 amide bonds. The normalized spacial score (nSPS) is 26.7. The zero-order valence-corrected chi connectivity index (χ0v) is 19.4. The summed E-state index contributed by atoms with van der Waals surface area (Å²) in [5.74, 6) is 0.758. The number of amidine groups is 1. The van der Waals surface area contributed by atoms with Crippen LogP contribution in [0, 0.1) is 10.1 Å². The van der Waals surface area contributed by atoms with Gasteiger partial charge in [0.15, 0.2) is 11.0 Å². The SMILES string of the molecule is O=[N+]([O-])c1ccc(N2N=C3c4ccccc4C(Cl)=NN3[C@@H]3CCCC[C@]32N2CCOCC2)cc1. The molecule has 4 aliphatic rings. The molecule has 0 aromatic heterocycles. The van der Waals surface area contributed by atoms with Gasteiger partial charge in [0.25, 0.3) is 5.69 Å². The lowest BCUT2D eigenvalue weighted by Crippen LogP contribution is -2.75. The molecule has 10 heteroatoms. The minimum Gasteiger partial charge on any atom is -0.379 e. The molecule has 3 aliphatic heterocycles. The minimum atomic E-state index is -0.464. The maximum absolute atomic E-state index is 11.3. The van der Waals surface area contributed by atoms with Gasteiger partial charge in [0.2, 0.25) is 0 Å². The Bertz CT molecular complexity index is 1180. The molecule has 1 saturated heterocycles. The first kappa shape index (κ1) is 21.5. The van der Waals surface area contributed by atoms with Gasteiger partial charge in [-0.05, 0) is 31.4 Å². The molecule has 6 rings (SSSR count). The Labute approximate surface area is 202 Å². The number of hydrogen-bond donors (Lipinski definition) is 0. The molecule has 0 radical (unpaired) electrons. The van der Waals surface area contributed by atoms with Gasteiger partial charge in [0.05, 0.1) is 29.9 Å². The lowest BCUT2D eigenvalue weighted by Gasteiger charge is -2.60. The summed E-state index contributed by atoms with van der Waals surface area (Å²) in [4.78, 5) is 13.4. The van der Waals surface area contributed by atoms with Crippen molar-refractivity contribution in [3.05, 3.63) is 69.8 Å². The van der Waals surface area contributed by atoms with Gasteiger partial charge in [-0.3, -0.25) is 15.0 Å². The van der Waals surface area contributed by atoms with Crippen molar-refractivity contribution in [2.45, 2.75) is 37.4 Å². The summed E-state index contributed by atoms with van der Waals surface area (Å²) in [6.07, 6.45) is 3.99. The third-order valence-electron chi connectivity index (χ3n) is 7.33. The van der Waals surface area contributed by atoms with Crippen LogP contribution in [0.25, 0.3) is 0 Å². The molecule has 1 saturated carbocycles. The molecule has 2 aromatic carbocycles. The molecule has 0 spiro atoms. The summed E-state index contributed by atoms with van der Waals surface area (Å²) in [5, 5.41) is 26.0.